The minimum atomic E-state index is -0.847. The van der Waals surface area contributed by atoms with Crippen LogP contribution in [0.4, 0.5) is 16.3 Å². The lowest BCUT2D eigenvalue weighted by atomic mass is 10.3. The van der Waals surface area contributed by atoms with E-state index in [-0.39, 0.29) is 11.2 Å². The Labute approximate surface area is 121 Å². The number of rotatable bonds is 2. The molecule has 2 N–H and O–H groups in total. The molecule has 0 saturated heterocycles. The highest BCUT2D eigenvalue weighted by Crippen LogP contribution is 2.13. The number of carbonyl (C=O) groups excluding carboxylic acids is 1. The summed E-state index contributed by atoms with van der Waals surface area (Å²) in [5.74, 6) is 0.0590. The first-order valence-corrected chi connectivity index (χ1v) is 6.24. The molecule has 21 heavy (non-hydrogen) atoms. The van der Waals surface area contributed by atoms with Crippen molar-refractivity contribution in [1.82, 2.24) is 9.38 Å². The molecule has 0 fully saturated rings. The molecule has 2 rings (SSSR count). The number of aromatic nitrogens is 1. The molecule has 7 heteroatoms. The third-order valence-electron chi connectivity index (χ3n) is 2.71. The van der Waals surface area contributed by atoms with Gasteiger partial charge in [0.25, 0.3) is 0 Å². The van der Waals surface area contributed by atoms with Gasteiger partial charge in [-0.1, -0.05) is 18.2 Å². The Bertz CT molecular complexity index is 702. The molecule has 2 aromatic rings. The number of carbonyl (C=O) groups is 1. The van der Waals surface area contributed by atoms with Crippen LogP contribution < -0.4 is 15.3 Å². The number of hydroxylamine groups is 2. The Morgan fingerprint density at radius 1 is 1.29 bits per heavy atom. The Morgan fingerprint density at radius 2 is 1.95 bits per heavy atom. The Hall–Kier alpha value is -2.64. The van der Waals surface area contributed by atoms with Crippen molar-refractivity contribution in [2.75, 3.05) is 19.4 Å². The van der Waals surface area contributed by atoms with Crippen LogP contribution in [0.3, 0.4) is 0 Å². The predicted octanol–water partition coefficient (Wildman–Crippen LogP) is 1.92. The van der Waals surface area contributed by atoms with Gasteiger partial charge in [-0.05, 0) is 18.2 Å². The van der Waals surface area contributed by atoms with E-state index in [9.17, 15) is 15.2 Å². The second kappa shape index (κ2) is 5.78. The number of benzene rings is 1. The molecule has 0 aliphatic heterocycles. The summed E-state index contributed by atoms with van der Waals surface area (Å²) in [6.07, 6.45) is 1.27. The van der Waals surface area contributed by atoms with Crippen molar-refractivity contribution < 1.29 is 10.0 Å². The van der Waals surface area contributed by atoms with Crippen molar-refractivity contribution >= 4 is 17.5 Å². The third kappa shape index (κ3) is 3.91. The van der Waals surface area contributed by atoms with Crippen molar-refractivity contribution in [2.24, 2.45) is 4.99 Å². The fourth-order valence-electron chi connectivity index (χ4n) is 1.73. The van der Waals surface area contributed by atoms with Gasteiger partial charge in [0.05, 0.1) is 25.6 Å². The van der Waals surface area contributed by atoms with E-state index in [0.29, 0.717) is 10.4 Å². The van der Waals surface area contributed by atoms with Crippen molar-refractivity contribution in [2.45, 2.75) is 0 Å². The summed E-state index contributed by atoms with van der Waals surface area (Å²) >= 11 is 0. The molecule has 0 aliphatic rings. The highest BCUT2D eigenvalue weighted by atomic mass is 16.6. The monoisotopic (exact) mass is 288 g/mol. The Morgan fingerprint density at radius 3 is 2.57 bits per heavy atom. The fraction of sp³-hybridized carbons (Fsp3) is 0.143. The molecule has 7 nitrogen and oxygen atoms in total. The summed E-state index contributed by atoms with van der Waals surface area (Å²) in [6.45, 7) is 0. The van der Waals surface area contributed by atoms with Gasteiger partial charge in [-0.2, -0.15) is 4.99 Å². The van der Waals surface area contributed by atoms with Crippen LogP contribution in [0, 0.1) is 5.21 Å². The maximum absolute atomic E-state index is 11.9. The van der Waals surface area contributed by atoms with Gasteiger partial charge in [-0.25, -0.2) is 4.79 Å². The lowest BCUT2D eigenvalue weighted by Gasteiger charge is -2.32. The van der Waals surface area contributed by atoms with Gasteiger partial charge in [-0.3, -0.25) is 0 Å². The second-order valence-corrected chi connectivity index (χ2v) is 4.85. The van der Waals surface area contributed by atoms with E-state index in [1.165, 1.54) is 32.4 Å². The Kier molecular flexibility index (Phi) is 4.06. The van der Waals surface area contributed by atoms with Gasteiger partial charge < -0.3 is 20.4 Å². The lowest BCUT2D eigenvalue weighted by molar-refractivity contribution is 0.173. The SMILES string of the molecule is C[N+](C)([O-])c1cc(=NC(=O)Nc2ccccc2)ccn1O. The summed E-state index contributed by atoms with van der Waals surface area (Å²) in [6, 6.07) is 11.1. The highest BCUT2D eigenvalue weighted by molar-refractivity contribution is 5.89. The van der Waals surface area contributed by atoms with E-state index in [1.807, 2.05) is 6.07 Å². The molecule has 1 aromatic heterocycles. The minimum absolute atomic E-state index is 0.0590. The first kappa shape index (κ1) is 14.8. The quantitative estimate of drug-likeness (QED) is 0.502. The number of pyridine rings is 1. The molecule has 0 atom stereocenters. The van der Waals surface area contributed by atoms with Crippen molar-refractivity contribution in [1.29, 1.82) is 0 Å². The first-order valence-electron chi connectivity index (χ1n) is 6.24. The number of amides is 2. The summed E-state index contributed by atoms with van der Waals surface area (Å²) in [5, 5.41) is 24.4. The smallest absolute Gasteiger partial charge is 0.345 e. The van der Waals surface area contributed by atoms with Crippen LogP contribution in [0.5, 0.6) is 0 Å². The van der Waals surface area contributed by atoms with Gasteiger partial charge >= 0.3 is 6.03 Å². The van der Waals surface area contributed by atoms with Gasteiger partial charge in [0.2, 0.25) is 5.82 Å². The van der Waals surface area contributed by atoms with E-state index in [0.717, 1.165) is 0 Å². The van der Waals surface area contributed by atoms with Crippen LogP contribution >= 0.6 is 0 Å². The zero-order chi connectivity index (χ0) is 15.5. The molecule has 1 heterocycles. The molecule has 1 aromatic carbocycles. The average Bonchev–Trinajstić information content (AvgIpc) is 2.41. The van der Waals surface area contributed by atoms with Crippen LogP contribution in [0.2, 0.25) is 0 Å². The number of hydrogen-bond donors (Lipinski definition) is 2. The number of para-hydroxylation sites is 1. The largest absolute Gasteiger partial charge is 0.627 e. The summed E-state index contributed by atoms with van der Waals surface area (Å²) in [5.41, 5.74) is 0.625. The molecule has 0 aliphatic carbocycles. The van der Waals surface area contributed by atoms with Gasteiger partial charge in [0, 0.05) is 11.8 Å². The van der Waals surface area contributed by atoms with E-state index in [2.05, 4.69) is 10.3 Å². The average molecular weight is 288 g/mol. The van der Waals surface area contributed by atoms with Crippen LogP contribution in [0.25, 0.3) is 0 Å². The normalized spacial score (nSPS) is 12.2. The van der Waals surface area contributed by atoms with Gasteiger partial charge in [0.1, 0.15) is 0 Å². The highest BCUT2D eigenvalue weighted by Gasteiger charge is 2.12. The summed E-state index contributed by atoms with van der Waals surface area (Å²) in [7, 11) is 2.71. The fourth-order valence-corrected chi connectivity index (χ4v) is 1.73. The molecule has 0 spiro atoms. The number of urea groups is 1. The van der Waals surface area contributed by atoms with E-state index in [1.54, 1.807) is 24.3 Å². The first-order chi connectivity index (χ1) is 9.86. The van der Waals surface area contributed by atoms with Crippen molar-refractivity contribution in [3.05, 3.63) is 59.2 Å². The molecular formula is C14H16N4O3. The van der Waals surface area contributed by atoms with Crippen molar-refractivity contribution in [3.8, 4) is 0 Å². The standard InChI is InChI=1S/C14H16N4O3/c1-18(2,21)13-10-12(8-9-17(13)20)16-14(19)15-11-6-4-3-5-7-11/h3-10,20H,1-2H3,(H,15,19). The number of nitrogens with zero attached hydrogens (tertiary/aromatic N) is 3. The van der Waals surface area contributed by atoms with Crippen LogP contribution in [0.1, 0.15) is 0 Å². The zero-order valence-electron chi connectivity index (χ0n) is 11.7. The minimum Gasteiger partial charge on any atom is -0.627 e. The summed E-state index contributed by atoms with van der Waals surface area (Å²) < 4.78 is -0.138. The molecular weight excluding hydrogens is 272 g/mol. The van der Waals surface area contributed by atoms with E-state index in [4.69, 9.17) is 0 Å². The topological polar surface area (TPSA) is 89.7 Å². The zero-order valence-corrected chi connectivity index (χ0v) is 11.7. The maximum atomic E-state index is 11.9. The molecule has 2 amide bonds. The molecule has 110 valence electrons. The molecule has 0 radical (unpaired) electrons. The maximum Gasteiger partial charge on any atom is 0.345 e. The van der Waals surface area contributed by atoms with E-state index >= 15 is 0 Å². The molecule has 0 saturated carbocycles. The third-order valence-corrected chi connectivity index (χ3v) is 2.71. The number of hydrogen-bond acceptors (Lipinski definition) is 3. The van der Waals surface area contributed by atoms with Crippen molar-refractivity contribution in [3.63, 3.8) is 0 Å². The van der Waals surface area contributed by atoms with Gasteiger partial charge in [-0.15, -0.1) is 4.73 Å². The predicted molar refractivity (Wildman–Crippen MR) is 79.6 cm³/mol. The number of anilines is 1. The Balaban J connectivity index is 2.27. The number of quaternary nitrogens is 1. The van der Waals surface area contributed by atoms with Gasteiger partial charge in [0.15, 0.2) is 0 Å². The number of nitrogens with one attached hydrogen (secondary N) is 1. The lowest BCUT2D eigenvalue weighted by Crippen LogP contribution is -2.36. The van der Waals surface area contributed by atoms with Crippen LogP contribution in [-0.2, 0) is 0 Å². The van der Waals surface area contributed by atoms with Crippen LogP contribution in [0.15, 0.2) is 53.7 Å². The van der Waals surface area contributed by atoms with E-state index < -0.39 is 10.7 Å². The molecule has 0 unspecified atom stereocenters. The summed E-state index contributed by atoms with van der Waals surface area (Å²) in [4.78, 5) is 15.6. The second-order valence-electron chi connectivity index (χ2n) is 4.85. The molecule has 0 bridgehead atoms. The van der Waals surface area contributed by atoms with Crippen LogP contribution in [-0.4, -0.2) is 30.1 Å².